The third-order valence-electron chi connectivity index (χ3n) is 6.58. The molecule has 0 spiro atoms. The van der Waals surface area contributed by atoms with Crippen molar-refractivity contribution in [3.8, 4) is 33.9 Å². The lowest BCUT2D eigenvalue weighted by molar-refractivity contribution is 0.0173. The molecule has 3 atom stereocenters. The monoisotopic (exact) mass is 434 g/mol. The lowest BCUT2D eigenvalue weighted by Gasteiger charge is -2.45. The standard InChI is InChI=1S/C23H26N6O3/c1-28-11-15(10-24-28)14-2-3-19(21(30)6-14)20-9-22-23(27-26-20)29(4-5-32-22)18-7-16-12-31-13-17(8-18)25-16/h2-3,6,9-11,16-18,25,30H,4-5,7-8,12-13H2,1H3/t16-,17?,18?/m1/s1. The predicted molar refractivity (Wildman–Crippen MR) is 119 cm³/mol. The van der Waals surface area contributed by atoms with Gasteiger partial charge in [0.25, 0.3) is 0 Å². The predicted octanol–water partition coefficient (Wildman–Crippen LogP) is 1.97. The fourth-order valence-corrected chi connectivity index (χ4v) is 5.08. The first-order valence-electron chi connectivity index (χ1n) is 11.1. The molecule has 2 N–H and O–H groups in total. The second-order valence-corrected chi connectivity index (χ2v) is 8.82. The van der Waals surface area contributed by atoms with Gasteiger partial charge in [0, 0.05) is 48.6 Å². The van der Waals surface area contributed by atoms with Gasteiger partial charge in [0.1, 0.15) is 18.1 Å². The van der Waals surface area contributed by atoms with Crippen LogP contribution in [0.4, 0.5) is 5.82 Å². The zero-order chi connectivity index (χ0) is 21.7. The third-order valence-corrected chi connectivity index (χ3v) is 6.58. The first-order valence-corrected chi connectivity index (χ1v) is 11.1. The fourth-order valence-electron chi connectivity index (χ4n) is 5.08. The highest BCUT2D eigenvalue weighted by molar-refractivity contribution is 5.75. The molecular weight excluding hydrogens is 408 g/mol. The molecule has 0 amide bonds. The highest BCUT2D eigenvalue weighted by Gasteiger charge is 2.37. The van der Waals surface area contributed by atoms with E-state index in [9.17, 15) is 5.11 Å². The van der Waals surface area contributed by atoms with Crippen LogP contribution in [0.2, 0.25) is 0 Å². The largest absolute Gasteiger partial charge is 0.507 e. The molecule has 0 radical (unpaired) electrons. The molecule has 2 unspecified atom stereocenters. The number of ether oxygens (including phenoxy) is 2. The number of morpholine rings is 1. The Morgan fingerprint density at radius 1 is 1.09 bits per heavy atom. The molecule has 2 saturated heterocycles. The van der Waals surface area contributed by atoms with Crippen LogP contribution in [0.3, 0.4) is 0 Å². The Morgan fingerprint density at radius 3 is 2.69 bits per heavy atom. The summed E-state index contributed by atoms with van der Waals surface area (Å²) in [6, 6.07) is 8.61. The van der Waals surface area contributed by atoms with E-state index >= 15 is 0 Å². The zero-order valence-corrected chi connectivity index (χ0v) is 17.9. The molecule has 3 aliphatic rings. The number of benzene rings is 1. The van der Waals surface area contributed by atoms with Gasteiger partial charge in [-0.2, -0.15) is 5.10 Å². The minimum atomic E-state index is 0.152. The molecular formula is C23H26N6O3. The normalized spacial score (nSPS) is 24.7. The summed E-state index contributed by atoms with van der Waals surface area (Å²) in [6.45, 7) is 2.95. The lowest BCUT2D eigenvalue weighted by atomic mass is 9.91. The Labute approximate surface area is 186 Å². The van der Waals surface area contributed by atoms with Crippen LogP contribution in [0, 0.1) is 0 Å². The van der Waals surface area contributed by atoms with Crippen molar-refractivity contribution < 1.29 is 14.6 Å². The summed E-state index contributed by atoms with van der Waals surface area (Å²) in [5, 5.41) is 27.5. The molecule has 2 bridgehead atoms. The summed E-state index contributed by atoms with van der Waals surface area (Å²) in [4.78, 5) is 2.34. The van der Waals surface area contributed by atoms with Gasteiger partial charge in [0.2, 0.25) is 0 Å². The summed E-state index contributed by atoms with van der Waals surface area (Å²) in [7, 11) is 1.87. The first-order chi connectivity index (χ1) is 15.6. The van der Waals surface area contributed by atoms with E-state index in [4.69, 9.17) is 9.47 Å². The molecule has 3 aromatic rings. The number of phenols is 1. The van der Waals surface area contributed by atoms with Crippen molar-refractivity contribution in [2.24, 2.45) is 7.05 Å². The highest BCUT2D eigenvalue weighted by atomic mass is 16.5. The van der Waals surface area contributed by atoms with Crippen LogP contribution in [0.5, 0.6) is 11.5 Å². The van der Waals surface area contributed by atoms with Crippen molar-refractivity contribution in [3.63, 3.8) is 0 Å². The Kier molecular flexibility index (Phi) is 4.73. The molecule has 9 heteroatoms. The summed E-state index contributed by atoms with van der Waals surface area (Å²) in [5.41, 5.74) is 3.06. The van der Waals surface area contributed by atoms with Crippen LogP contribution in [-0.2, 0) is 11.8 Å². The number of aryl methyl sites for hydroxylation is 1. The van der Waals surface area contributed by atoms with Gasteiger partial charge in [-0.05, 0) is 30.5 Å². The number of nitrogens with one attached hydrogen (secondary N) is 1. The van der Waals surface area contributed by atoms with Crippen molar-refractivity contribution in [1.29, 1.82) is 0 Å². The van der Waals surface area contributed by atoms with E-state index in [0.29, 0.717) is 36.0 Å². The van der Waals surface area contributed by atoms with E-state index in [0.717, 1.165) is 55.3 Å². The van der Waals surface area contributed by atoms with Crippen LogP contribution in [0.1, 0.15) is 12.8 Å². The van der Waals surface area contributed by atoms with Crippen LogP contribution < -0.4 is 15.0 Å². The zero-order valence-electron chi connectivity index (χ0n) is 17.9. The molecule has 6 rings (SSSR count). The van der Waals surface area contributed by atoms with Gasteiger partial charge >= 0.3 is 0 Å². The maximum atomic E-state index is 10.7. The molecule has 9 nitrogen and oxygen atoms in total. The first kappa shape index (κ1) is 19.5. The lowest BCUT2D eigenvalue weighted by Crippen LogP contribution is -2.59. The van der Waals surface area contributed by atoms with E-state index in [1.807, 2.05) is 31.4 Å². The number of anilines is 1. The number of piperidine rings is 1. The molecule has 166 valence electrons. The van der Waals surface area contributed by atoms with Crippen LogP contribution in [-0.4, -0.2) is 69.6 Å². The summed E-state index contributed by atoms with van der Waals surface area (Å²) >= 11 is 0. The molecule has 0 saturated carbocycles. The van der Waals surface area contributed by atoms with E-state index in [-0.39, 0.29) is 5.75 Å². The number of nitrogens with zero attached hydrogens (tertiary/aromatic N) is 5. The fraction of sp³-hybridized carbons (Fsp3) is 0.435. The molecule has 3 aliphatic heterocycles. The molecule has 32 heavy (non-hydrogen) atoms. The van der Waals surface area contributed by atoms with E-state index in [1.54, 1.807) is 16.9 Å². The van der Waals surface area contributed by atoms with Gasteiger partial charge in [-0.3, -0.25) is 4.68 Å². The Balaban J connectivity index is 1.28. The van der Waals surface area contributed by atoms with E-state index in [1.165, 1.54) is 0 Å². The van der Waals surface area contributed by atoms with Crippen LogP contribution >= 0.6 is 0 Å². The van der Waals surface area contributed by atoms with E-state index in [2.05, 4.69) is 25.5 Å². The summed E-state index contributed by atoms with van der Waals surface area (Å²) in [5.74, 6) is 1.66. The minimum Gasteiger partial charge on any atom is -0.507 e. The Morgan fingerprint density at radius 2 is 1.94 bits per heavy atom. The van der Waals surface area contributed by atoms with Crippen molar-refractivity contribution in [2.45, 2.75) is 31.0 Å². The number of aromatic nitrogens is 4. The Hall–Kier alpha value is -3.17. The third kappa shape index (κ3) is 3.47. The molecule has 1 aromatic carbocycles. The highest BCUT2D eigenvalue weighted by Crippen LogP contribution is 2.38. The van der Waals surface area contributed by atoms with Crippen molar-refractivity contribution in [3.05, 3.63) is 36.7 Å². The van der Waals surface area contributed by atoms with Gasteiger partial charge in [-0.1, -0.05) is 6.07 Å². The smallest absolute Gasteiger partial charge is 0.194 e. The van der Waals surface area contributed by atoms with Gasteiger partial charge < -0.3 is 24.8 Å². The number of phenolic OH excluding ortho intramolecular Hbond substituents is 1. The Bertz CT molecular complexity index is 1140. The van der Waals surface area contributed by atoms with Gasteiger partial charge in [0.05, 0.1) is 26.0 Å². The molecule has 2 fully saturated rings. The van der Waals surface area contributed by atoms with Crippen molar-refractivity contribution in [1.82, 2.24) is 25.3 Å². The van der Waals surface area contributed by atoms with Crippen LogP contribution in [0.15, 0.2) is 36.7 Å². The number of aromatic hydroxyl groups is 1. The number of hydrogen-bond acceptors (Lipinski definition) is 8. The second-order valence-electron chi connectivity index (χ2n) is 8.82. The number of fused-ring (bicyclic) bond motifs is 3. The number of rotatable bonds is 3. The van der Waals surface area contributed by atoms with Crippen molar-refractivity contribution in [2.75, 3.05) is 31.3 Å². The van der Waals surface area contributed by atoms with Gasteiger partial charge in [-0.25, -0.2) is 0 Å². The van der Waals surface area contributed by atoms with Gasteiger partial charge in [0.15, 0.2) is 11.6 Å². The number of hydrogen-bond donors (Lipinski definition) is 2. The second kappa shape index (κ2) is 7.75. The summed E-state index contributed by atoms with van der Waals surface area (Å²) in [6.07, 6.45) is 5.74. The average molecular weight is 435 g/mol. The van der Waals surface area contributed by atoms with Crippen molar-refractivity contribution >= 4 is 5.82 Å². The minimum absolute atomic E-state index is 0.152. The molecule has 5 heterocycles. The SMILES string of the molecule is Cn1cc(-c2ccc(-c3cc4c(nn3)N(C3CC5COC[C@@H](C3)N5)CCO4)c(O)c2)cn1. The van der Waals surface area contributed by atoms with Crippen LogP contribution in [0.25, 0.3) is 22.4 Å². The van der Waals surface area contributed by atoms with Gasteiger partial charge in [-0.15, -0.1) is 10.2 Å². The topological polar surface area (TPSA) is 97.6 Å². The average Bonchev–Trinajstić information content (AvgIpc) is 3.24. The quantitative estimate of drug-likeness (QED) is 0.646. The summed E-state index contributed by atoms with van der Waals surface area (Å²) < 4.78 is 13.4. The molecule has 2 aromatic heterocycles. The maximum absolute atomic E-state index is 10.7. The van der Waals surface area contributed by atoms with E-state index < -0.39 is 0 Å². The maximum Gasteiger partial charge on any atom is 0.194 e. The molecule has 0 aliphatic carbocycles.